The summed E-state index contributed by atoms with van der Waals surface area (Å²) >= 11 is 0. The van der Waals surface area contributed by atoms with Crippen molar-refractivity contribution in [3.05, 3.63) is 41.5 Å². The van der Waals surface area contributed by atoms with Crippen molar-refractivity contribution in [2.24, 2.45) is 5.73 Å². The highest BCUT2D eigenvalue weighted by molar-refractivity contribution is 5.89. The molecular weight excluding hydrogens is 275 g/mol. The molecule has 1 atom stereocenters. The van der Waals surface area contributed by atoms with Crippen LogP contribution in [0.25, 0.3) is 6.08 Å². The summed E-state index contributed by atoms with van der Waals surface area (Å²) in [6.45, 7) is 1.29. The number of esters is 1. The summed E-state index contributed by atoms with van der Waals surface area (Å²) in [4.78, 5) is 21.9. The van der Waals surface area contributed by atoms with Gasteiger partial charge in [0.25, 0.3) is 5.91 Å². The molecule has 0 heterocycles. The number of alkyl halides is 3. The van der Waals surface area contributed by atoms with Gasteiger partial charge in [0.2, 0.25) is 0 Å². The third-order valence-corrected chi connectivity index (χ3v) is 2.32. The molecule has 0 aliphatic rings. The van der Waals surface area contributed by atoms with Gasteiger partial charge in [-0.3, -0.25) is 4.79 Å². The molecule has 0 fully saturated rings. The second-order valence-corrected chi connectivity index (χ2v) is 3.94. The largest absolute Gasteiger partial charge is 0.449 e. The molecule has 0 saturated carbocycles. The number of rotatable bonds is 4. The van der Waals surface area contributed by atoms with E-state index < -0.39 is 29.7 Å². The van der Waals surface area contributed by atoms with Crippen LogP contribution in [-0.2, 0) is 20.5 Å². The van der Waals surface area contributed by atoms with Gasteiger partial charge in [0, 0.05) is 6.08 Å². The van der Waals surface area contributed by atoms with Crippen LogP contribution in [0.5, 0.6) is 0 Å². The van der Waals surface area contributed by atoms with E-state index in [0.29, 0.717) is 0 Å². The highest BCUT2D eigenvalue weighted by Crippen LogP contribution is 2.29. The van der Waals surface area contributed by atoms with Crippen LogP contribution in [0, 0.1) is 0 Å². The van der Waals surface area contributed by atoms with Crippen molar-refractivity contribution < 1.29 is 27.5 Å². The third kappa shape index (κ3) is 4.75. The number of carbonyl (C=O) groups excluding carboxylic acids is 2. The van der Waals surface area contributed by atoms with Crippen LogP contribution in [0.2, 0.25) is 0 Å². The van der Waals surface area contributed by atoms with Crippen molar-refractivity contribution >= 4 is 18.0 Å². The van der Waals surface area contributed by atoms with Gasteiger partial charge in [-0.2, -0.15) is 13.2 Å². The maximum absolute atomic E-state index is 12.5. The predicted octanol–water partition coefficient (Wildman–Crippen LogP) is 2.14. The number of halogens is 3. The van der Waals surface area contributed by atoms with E-state index in [1.807, 2.05) is 0 Å². The SMILES string of the molecule is CC(OC(=O)/C=C/c1cccc(C(F)(F)F)c1)C(N)=O. The average Bonchev–Trinajstić information content (AvgIpc) is 2.35. The van der Waals surface area contributed by atoms with Crippen molar-refractivity contribution in [3.8, 4) is 0 Å². The molecule has 0 bridgehead atoms. The number of hydrogen-bond donors (Lipinski definition) is 1. The molecule has 0 radical (unpaired) electrons. The van der Waals surface area contributed by atoms with Gasteiger partial charge in [0.05, 0.1) is 5.56 Å². The smallest absolute Gasteiger partial charge is 0.416 e. The lowest BCUT2D eigenvalue weighted by atomic mass is 10.1. The minimum Gasteiger partial charge on any atom is -0.449 e. The second-order valence-electron chi connectivity index (χ2n) is 3.94. The zero-order valence-corrected chi connectivity index (χ0v) is 10.5. The fraction of sp³-hybridized carbons (Fsp3) is 0.231. The van der Waals surface area contributed by atoms with Crippen LogP contribution in [0.3, 0.4) is 0 Å². The number of hydrogen-bond acceptors (Lipinski definition) is 3. The lowest BCUT2D eigenvalue weighted by molar-refractivity contribution is -0.148. The molecule has 20 heavy (non-hydrogen) atoms. The Labute approximate surface area is 113 Å². The van der Waals surface area contributed by atoms with Gasteiger partial charge >= 0.3 is 12.1 Å². The number of amides is 1. The number of nitrogens with two attached hydrogens (primary N) is 1. The summed E-state index contributed by atoms with van der Waals surface area (Å²) < 4.78 is 42.0. The topological polar surface area (TPSA) is 69.4 Å². The molecule has 1 aromatic rings. The second kappa shape index (κ2) is 6.23. The van der Waals surface area contributed by atoms with Crippen LogP contribution < -0.4 is 5.73 Å². The first-order chi connectivity index (χ1) is 9.20. The zero-order chi connectivity index (χ0) is 15.3. The van der Waals surface area contributed by atoms with Gasteiger partial charge in [-0.05, 0) is 30.7 Å². The Kier molecular flexibility index (Phi) is 4.90. The summed E-state index contributed by atoms with van der Waals surface area (Å²) in [6, 6.07) is 4.43. The predicted molar refractivity (Wildman–Crippen MR) is 65.2 cm³/mol. The Hall–Kier alpha value is -2.31. The molecule has 0 saturated heterocycles. The third-order valence-electron chi connectivity index (χ3n) is 2.32. The Morgan fingerprint density at radius 2 is 2.00 bits per heavy atom. The van der Waals surface area contributed by atoms with E-state index in [0.717, 1.165) is 24.3 Å². The molecule has 1 unspecified atom stereocenters. The maximum atomic E-state index is 12.5. The zero-order valence-electron chi connectivity index (χ0n) is 10.5. The van der Waals surface area contributed by atoms with E-state index in [-0.39, 0.29) is 5.56 Å². The van der Waals surface area contributed by atoms with E-state index in [4.69, 9.17) is 5.73 Å². The van der Waals surface area contributed by atoms with Gasteiger partial charge in [-0.15, -0.1) is 0 Å². The molecule has 0 aliphatic carbocycles. The molecule has 4 nitrogen and oxygen atoms in total. The lowest BCUT2D eigenvalue weighted by Crippen LogP contribution is -2.29. The summed E-state index contributed by atoms with van der Waals surface area (Å²) in [6.07, 6.45) is -3.47. The Balaban J connectivity index is 2.76. The molecule has 0 aliphatic heterocycles. The molecule has 1 aromatic carbocycles. The molecule has 1 amide bonds. The summed E-state index contributed by atoms with van der Waals surface area (Å²) in [7, 11) is 0. The van der Waals surface area contributed by atoms with Crippen LogP contribution in [0.15, 0.2) is 30.3 Å². The maximum Gasteiger partial charge on any atom is 0.416 e. The van der Waals surface area contributed by atoms with Crippen LogP contribution >= 0.6 is 0 Å². The van der Waals surface area contributed by atoms with Crippen molar-refractivity contribution in [1.82, 2.24) is 0 Å². The Bertz CT molecular complexity index is 538. The molecular formula is C13H12F3NO3. The van der Waals surface area contributed by atoms with Gasteiger partial charge in [-0.1, -0.05) is 12.1 Å². The fourth-order valence-corrected chi connectivity index (χ4v) is 1.25. The van der Waals surface area contributed by atoms with Crippen molar-refractivity contribution in [1.29, 1.82) is 0 Å². The molecule has 108 valence electrons. The molecule has 2 N–H and O–H groups in total. The monoisotopic (exact) mass is 287 g/mol. The standard InChI is InChI=1S/C13H12F3NO3/c1-8(12(17)19)20-11(18)6-5-9-3-2-4-10(7-9)13(14,15)16/h2-8H,1H3,(H2,17,19)/b6-5+. The summed E-state index contributed by atoms with van der Waals surface area (Å²) in [5, 5.41) is 0. The van der Waals surface area contributed by atoms with Gasteiger partial charge in [-0.25, -0.2) is 4.79 Å². The number of benzene rings is 1. The van der Waals surface area contributed by atoms with Crippen LogP contribution in [0.4, 0.5) is 13.2 Å². The number of carbonyl (C=O) groups is 2. The average molecular weight is 287 g/mol. The summed E-state index contributed by atoms with van der Waals surface area (Å²) in [5.74, 6) is -1.68. The highest BCUT2D eigenvalue weighted by Gasteiger charge is 2.30. The minimum absolute atomic E-state index is 0.184. The first kappa shape index (κ1) is 15.7. The first-order valence-electron chi connectivity index (χ1n) is 5.55. The van der Waals surface area contributed by atoms with E-state index >= 15 is 0 Å². The van der Waals surface area contributed by atoms with E-state index in [2.05, 4.69) is 4.74 Å². The van der Waals surface area contributed by atoms with Crippen LogP contribution in [-0.4, -0.2) is 18.0 Å². The van der Waals surface area contributed by atoms with E-state index in [1.165, 1.54) is 19.1 Å². The molecule has 0 spiro atoms. The Morgan fingerprint density at radius 3 is 2.55 bits per heavy atom. The molecule has 0 aromatic heterocycles. The van der Waals surface area contributed by atoms with E-state index in [1.54, 1.807) is 0 Å². The van der Waals surface area contributed by atoms with Crippen molar-refractivity contribution in [2.75, 3.05) is 0 Å². The molecule has 7 heteroatoms. The molecule has 1 rings (SSSR count). The van der Waals surface area contributed by atoms with Gasteiger partial charge in [0.15, 0.2) is 6.10 Å². The minimum atomic E-state index is -4.45. The van der Waals surface area contributed by atoms with Gasteiger partial charge < -0.3 is 10.5 Å². The van der Waals surface area contributed by atoms with Crippen LogP contribution in [0.1, 0.15) is 18.1 Å². The normalized spacial score (nSPS) is 13.2. The number of ether oxygens (including phenoxy) is 1. The summed E-state index contributed by atoms with van der Waals surface area (Å²) in [5.41, 5.74) is 4.26. The Morgan fingerprint density at radius 1 is 1.35 bits per heavy atom. The fourth-order valence-electron chi connectivity index (χ4n) is 1.25. The first-order valence-corrected chi connectivity index (χ1v) is 5.55. The van der Waals surface area contributed by atoms with Crippen molar-refractivity contribution in [3.63, 3.8) is 0 Å². The highest BCUT2D eigenvalue weighted by atomic mass is 19.4. The van der Waals surface area contributed by atoms with Gasteiger partial charge in [0.1, 0.15) is 0 Å². The lowest BCUT2D eigenvalue weighted by Gasteiger charge is -2.07. The number of primary amides is 1. The van der Waals surface area contributed by atoms with E-state index in [9.17, 15) is 22.8 Å². The van der Waals surface area contributed by atoms with Crippen molar-refractivity contribution in [2.45, 2.75) is 19.2 Å². The quantitative estimate of drug-likeness (QED) is 0.681.